The number of carbonyl (C=O) groups excluding carboxylic acids is 1. The van der Waals surface area contributed by atoms with Crippen LogP contribution in [0.5, 0.6) is 0 Å². The Morgan fingerprint density at radius 3 is 2.69 bits per heavy atom. The summed E-state index contributed by atoms with van der Waals surface area (Å²) >= 11 is 6.41. The number of hydrogen-bond acceptors (Lipinski definition) is 5. The Hall–Kier alpha value is -3.16. The van der Waals surface area contributed by atoms with Crippen molar-refractivity contribution in [1.82, 2.24) is 19.3 Å². The Bertz CT molecular complexity index is 1280. The minimum Gasteiger partial charge on any atom is -0.467 e. The van der Waals surface area contributed by atoms with E-state index in [-0.39, 0.29) is 6.61 Å². The summed E-state index contributed by atoms with van der Waals surface area (Å²) < 4.78 is 14.5. The number of halogens is 1. The third-order valence-electron chi connectivity index (χ3n) is 5.39. The fraction of sp³-hybridized carbons (Fsp3) is 0.292. The highest BCUT2D eigenvalue weighted by Gasteiger charge is 2.30. The molecule has 0 amide bonds. The van der Waals surface area contributed by atoms with Crippen molar-refractivity contribution in [2.45, 2.75) is 32.6 Å². The number of ether oxygens (including phenoxy) is 2. The van der Waals surface area contributed by atoms with Crippen molar-refractivity contribution in [3.63, 3.8) is 0 Å². The Kier molecular flexibility index (Phi) is 6.04. The average molecular weight is 453 g/mol. The summed E-state index contributed by atoms with van der Waals surface area (Å²) in [5, 5.41) is 5.44. The quantitative estimate of drug-likeness (QED) is 0.383. The molecule has 0 bridgehead atoms. The third-order valence-corrected chi connectivity index (χ3v) is 5.76. The molecule has 2 heterocycles. The molecule has 0 saturated carbocycles. The van der Waals surface area contributed by atoms with Gasteiger partial charge >= 0.3 is 5.97 Å². The third kappa shape index (κ3) is 4.40. The summed E-state index contributed by atoms with van der Waals surface area (Å²) in [5.74, 6) is -0.435. The number of esters is 1. The Labute approximate surface area is 191 Å². The van der Waals surface area contributed by atoms with Crippen molar-refractivity contribution in [2.24, 2.45) is 7.05 Å². The van der Waals surface area contributed by atoms with Gasteiger partial charge in [-0.2, -0.15) is 5.10 Å². The summed E-state index contributed by atoms with van der Waals surface area (Å²) in [4.78, 5) is 16.4. The van der Waals surface area contributed by atoms with Crippen molar-refractivity contribution in [3.05, 3.63) is 71.1 Å². The van der Waals surface area contributed by atoms with Crippen LogP contribution in [0.25, 0.3) is 22.3 Å². The first-order chi connectivity index (χ1) is 15.3. The van der Waals surface area contributed by atoms with Gasteiger partial charge in [-0.3, -0.25) is 4.68 Å². The lowest BCUT2D eigenvalue weighted by atomic mass is 10.1. The fourth-order valence-corrected chi connectivity index (χ4v) is 3.72. The van der Waals surface area contributed by atoms with E-state index in [1.54, 1.807) is 20.2 Å². The molecule has 0 spiro atoms. The van der Waals surface area contributed by atoms with E-state index in [1.807, 2.05) is 58.8 Å². The van der Waals surface area contributed by atoms with Gasteiger partial charge in [0.05, 0.1) is 49.0 Å². The summed E-state index contributed by atoms with van der Waals surface area (Å²) in [5.41, 5.74) is 4.46. The first-order valence-corrected chi connectivity index (χ1v) is 10.6. The van der Waals surface area contributed by atoms with Gasteiger partial charge in [0.1, 0.15) is 0 Å². The maximum atomic E-state index is 12.0. The predicted molar refractivity (Wildman–Crippen MR) is 123 cm³/mol. The molecule has 0 fully saturated rings. The highest BCUT2D eigenvalue weighted by molar-refractivity contribution is 6.31. The fourth-order valence-electron chi connectivity index (χ4n) is 3.53. The highest BCUT2D eigenvalue weighted by Crippen LogP contribution is 2.27. The van der Waals surface area contributed by atoms with Gasteiger partial charge in [0.25, 0.3) is 0 Å². The van der Waals surface area contributed by atoms with E-state index in [2.05, 4.69) is 11.1 Å². The lowest BCUT2D eigenvalue weighted by Crippen LogP contribution is -2.35. The van der Waals surface area contributed by atoms with Crippen molar-refractivity contribution in [2.75, 3.05) is 7.11 Å². The van der Waals surface area contributed by atoms with Gasteiger partial charge in [-0.15, -0.1) is 0 Å². The molecule has 2 aromatic heterocycles. The molecule has 0 radical (unpaired) electrons. The molecule has 0 saturated heterocycles. The van der Waals surface area contributed by atoms with Gasteiger partial charge in [0.15, 0.2) is 5.60 Å². The van der Waals surface area contributed by atoms with Crippen LogP contribution in [0.1, 0.15) is 25.1 Å². The second-order valence-electron chi connectivity index (χ2n) is 8.12. The normalized spacial score (nSPS) is 11.8. The van der Waals surface area contributed by atoms with Crippen LogP contribution in [0, 0.1) is 0 Å². The number of imidazole rings is 1. The molecule has 0 unspecified atom stereocenters. The van der Waals surface area contributed by atoms with Gasteiger partial charge in [-0.05, 0) is 43.7 Å². The number of nitrogens with zero attached hydrogens (tertiary/aromatic N) is 4. The molecule has 4 rings (SSSR count). The molecule has 32 heavy (non-hydrogen) atoms. The number of benzene rings is 2. The summed E-state index contributed by atoms with van der Waals surface area (Å²) in [6, 6.07) is 15.8. The standard InChI is InChI=1S/C24H25ClN4O3/c1-24(2,23(30)31-4)32-14-18-12-21(16-9-10-20-22(11-16)28(3)15-26-20)29(27-18)13-17-7-5-6-8-19(17)25/h5-12,15H,13-14H2,1-4H3. The topological polar surface area (TPSA) is 71.2 Å². The van der Waals surface area contributed by atoms with E-state index in [9.17, 15) is 4.79 Å². The van der Waals surface area contributed by atoms with Crippen LogP contribution in [0.3, 0.4) is 0 Å². The number of rotatable bonds is 7. The minimum absolute atomic E-state index is 0.165. The van der Waals surface area contributed by atoms with Gasteiger partial charge in [-0.1, -0.05) is 35.9 Å². The first-order valence-electron chi connectivity index (χ1n) is 10.2. The van der Waals surface area contributed by atoms with Crippen LogP contribution >= 0.6 is 11.6 Å². The van der Waals surface area contributed by atoms with Crippen molar-refractivity contribution < 1.29 is 14.3 Å². The molecular formula is C24H25ClN4O3. The van der Waals surface area contributed by atoms with Gasteiger partial charge in [0.2, 0.25) is 0 Å². The Balaban J connectivity index is 1.71. The zero-order valence-corrected chi connectivity index (χ0v) is 19.3. The largest absolute Gasteiger partial charge is 0.467 e. The van der Waals surface area contributed by atoms with Crippen LogP contribution in [-0.2, 0) is 34.5 Å². The van der Waals surface area contributed by atoms with E-state index in [0.29, 0.717) is 17.3 Å². The molecule has 0 aliphatic heterocycles. The number of carbonyl (C=O) groups is 1. The second-order valence-corrected chi connectivity index (χ2v) is 8.53. The van der Waals surface area contributed by atoms with E-state index in [0.717, 1.165) is 27.9 Å². The lowest BCUT2D eigenvalue weighted by Gasteiger charge is -2.21. The first kappa shape index (κ1) is 22.0. The summed E-state index contributed by atoms with van der Waals surface area (Å²) in [6.07, 6.45) is 1.80. The lowest BCUT2D eigenvalue weighted by molar-refractivity contribution is -0.166. The monoisotopic (exact) mass is 452 g/mol. The smallest absolute Gasteiger partial charge is 0.337 e. The van der Waals surface area contributed by atoms with Crippen LogP contribution in [-0.4, -0.2) is 38.0 Å². The molecule has 0 atom stereocenters. The predicted octanol–water partition coefficient (Wildman–Crippen LogP) is 4.61. The molecule has 4 aromatic rings. The van der Waals surface area contributed by atoms with Crippen LogP contribution < -0.4 is 0 Å². The van der Waals surface area contributed by atoms with Crippen molar-refractivity contribution in [3.8, 4) is 11.3 Å². The summed E-state index contributed by atoms with van der Waals surface area (Å²) in [7, 11) is 3.31. The molecule has 166 valence electrons. The number of fused-ring (bicyclic) bond motifs is 1. The maximum Gasteiger partial charge on any atom is 0.337 e. The van der Waals surface area contributed by atoms with Crippen molar-refractivity contribution in [1.29, 1.82) is 0 Å². The van der Waals surface area contributed by atoms with E-state index in [4.69, 9.17) is 26.2 Å². The minimum atomic E-state index is -1.07. The Morgan fingerprint density at radius 2 is 1.94 bits per heavy atom. The van der Waals surface area contributed by atoms with Crippen LogP contribution in [0.2, 0.25) is 5.02 Å². The maximum absolute atomic E-state index is 12.0. The molecule has 0 aliphatic rings. The van der Waals surface area contributed by atoms with Crippen LogP contribution in [0.15, 0.2) is 54.9 Å². The van der Waals surface area contributed by atoms with Gasteiger partial charge in [-0.25, -0.2) is 9.78 Å². The zero-order valence-electron chi connectivity index (χ0n) is 18.5. The number of aryl methyl sites for hydroxylation is 1. The zero-order chi connectivity index (χ0) is 22.9. The molecular weight excluding hydrogens is 428 g/mol. The SMILES string of the molecule is COC(=O)C(C)(C)OCc1cc(-c2ccc3ncn(C)c3c2)n(Cc2ccccc2Cl)n1. The van der Waals surface area contributed by atoms with E-state index >= 15 is 0 Å². The molecule has 0 aliphatic carbocycles. The number of aromatic nitrogens is 4. The molecule has 8 heteroatoms. The molecule has 0 N–H and O–H groups in total. The van der Waals surface area contributed by atoms with Gasteiger partial charge in [0, 0.05) is 17.6 Å². The molecule has 2 aromatic carbocycles. The summed E-state index contributed by atoms with van der Waals surface area (Å²) in [6.45, 7) is 4.02. The number of methoxy groups -OCH3 is 1. The van der Waals surface area contributed by atoms with E-state index in [1.165, 1.54) is 7.11 Å². The average Bonchev–Trinajstić information content (AvgIpc) is 3.36. The van der Waals surface area contributed by atoms with Crippen LogP contribution in [0.4, 0.5) is 0 Å². The highest BCUT2D eigenvalue weighted by atomic mass is 35.5. The second kappa shape index (κ2) is 8.76. The number of hydrogen-bond donors (Lipinski definition) is 0. The van der Waals surface area contributed by atoms with Gasteiger partial charge < -0.3 is 14.0 Å². The molecule has 7 nitrogen and oxygen atoms in total. The van der Waals surface area contributed by atoms with E-state index < -0.39 is 11.6 Å². The van der Waals surface area contributed by atoms with Crippen molar-refractivity contribution >= 4 is 28.6 Å². The Morgan fingerprint density at radius 1 is 1.16 bits per heavy atom.